The van der Waals surface area contributed by atoms with Crippen molar-refractivity contribution >= 4 is 5.82 Å². The van der Waals surface area contributed by atoms with Crippen LogP contribution in [0.5, 0.6) is 5.75 Å². The summed E-state index contributed by atoms with van der Waals surface area (Å²) in [6, 6.07) is 4.68. The largest absolute Gasteiger partial charge is 0.494 e. The van der Waals surface area contributed by atoms with Gasteiger partial charge in [-0.1, -0.05) is 13.8 Å². The summed E-state index contributed by atoms with van der Waals surface area (Å²) in [5.41, 5.74) is 8.38. The number of aromatic nitrogens is 2. The lowest BCUT2D eigenvalue weighted by molar-refractivity contribution is 0.387. The van der Waals surface area contributed by atoms with Crippen LogP contribution in [-0.4, -0.2) is 17.3 Å². The van der Waals surface area contributed by atoms with Crippen molar-refractivity contribution in [1.29, 1.82) is 0 Å². The van der Waals surface area contributed by atoms with Crippen molar-refractivity contribution < 1.29 is 9.13 Å². The number of benzene rings is 1. The minimum Gasteiger partial charge on any atom is -0.494 e. The number of hydrogen-bond acceptors (Lipinski definition) is 3. The van der Waals surface area contributed by atoms with E-state index in [1.807, 2.05) is 13.8 Å². The fourth-order valence-electron chi connectivity index (χ4n) is 1.98. The van der Waals surface area contributed by atoms with E-state index in [1.165, 1.54) is 13.2 Å². The number of ether oxygens (including phenoxy) is 1. The second kappa shape index (κ2) is 4.68. The lowest BCUT2D eigenvalue weighted by Gasteiger charge is -2.09. The molecule has 0 bridgehead atoms. The molecule has 5 heteroatoms. The van der Waals surface area contributed by atoms with Gasteiger partial charge >= 0.3 is 0 Å². The van der Waals surface area contributed by atoms with Gasteiger partial charge in [0.1, 0.15) is 5.82 Å². The van der Waals surface area contributed by atoms with E-state index in [2.05, 4.69) is 10.2 Å². The number of anilines is 1. The zero-order valence-electron chi connectivity index (χ0n) is 10.6. The highest BCUT2D eigenvalue weighted by molar-refractivity contribution is 5.70. The summed E-state index contributed by atoms with van der Waals surface area (Å²) in [7, 11) is 1.44. The molecule has 1 aromatic heterocycles. The van der Waals surface area contributed by atoms with E-state index >= 15 is 0 Å². The summed E-state index contributed by atoms with van der Waals surface area (Å²) in [5, 5.41) is 6.90. The van der Waals surface area contributed by atoms with Gasteiger partial charge in [0.2, 0.25) is 0 Å². The number of aromatic amines is 1. The topological polar surface area (TPSA) is 63.9 Å². The lowest BCUT2D eigenvalue weighted by atomic mass is 9.98. The molecule has 0 aliphatic carbocycles. The maximum Gasteiger partial charge on any atom is 0.165 e. The van der Waals surface area contributed by atoms with Crippen molar-refractivity contribution in [3.63, 3.8) is 0 Å². The molecule has 0 fully saturated rings. The van der Waals surface area contributed by atoms with Crippen LogP contribution in [0.4, 0.5) is 10.2 Å². The van der Waals surface area contributed by atoms with E-state index in [9.17, 15) is 4.39 Å². The standard InChI is InChI=1S/C13H16FN3O/c1-7(2)11-12(16-17-13(11)15)8-4-5-9(14)10(6-8)18-3/h4-7H,1-3H3,(H3,15,16,17). The molecule has 0 aliphatic rings. The van der Waals surface area contributed by atoms with E-state index < -0.39 is 0 Å². The smallest absolute Gasteiger partial charge is 0.165 e. The second-order valence-electron chi connectivity index (χ2n) is 4.40. The quantitative estimate of drug-likeness (QED) is 0.879. The Morgan fingerprint density at radius 3 is 2.72 bits per heavy atom. The Bertz CT molecular complexity index is 563. The Labute approximate surface area is 105 Å². The first-order valence-corrected chi connectivity index (χ1v) is 5.72. The Balaban J connectivity index is 2.55. The number of H-pyrrole nitrogens is 1. The van der Waals surface area contributed by atoms with Crippen LogP contribution in [0.15, 0.2) is 18.2 Å². The Hall–Kier alpha value is -2.04. The van der Waals surface area contributed by atoms with E-state index in [-0.39, 0.29) is 17.5 Å². The SMILES string of the molecule is COc1cc(-c2[nH]nc(N)c2C(C)C)ccc1F. The summed E-state index contributed by atoms with van der Waals surface area (Å²) in [4.78, 5) is 0. The average molecular weight is 249 g/mol. The molecule has 18 heavy (non-hydrogen) atoms. The predicted molar refractivity (Wildman–Crippen MR) is 69.0 cm³/mol. The highest BCUT2D eigenvalue weighted by Crippen LogP contribution is 2.33. The van der Waals surface area contributed by atoms with Gasteiger partial charge in [0.25, 0.3) is 0 Å². The highest BCUT2D eigenvalue weighted by Gasteiger charge is 2.16. The normalized spacial score (nSPS) is 10.9. The molecule has 0 amide bonds. The molecule has 0 radical (unpaired) electrons. The lowest BCUT2D eigenvalue weighted by Crippen LogP contribution is -1.96. The first kappa shape index (κ1) is 12.4. The zero-order valence-corrected chi connectivity index (χ0v) is 10.6. The van der Waals surface area contributed by atoms with Crippen LogP contribution in [0.25, 0.3) is 11.3 Å². The number of nitrogens with zero attached hydrogens (tertiary/aromatic N) is 1. The van der Waals surface area contributed by atoms with Crippen LogP contribution in [0.1, 0.15) is 25.3 Å². The third kappa shape index (κ3) is 2.03. The molecule has 4 nitrogen and oxygen atoms in total. The Morgan fingerprint density at radius 1 is 1.39 bits per heavy atom. The monoisotopic (exact) mass is 249 g/mol. The molecule has 1 heterocycles. The van der Waals surface area contributed by atoms with Gasteiger partial charge in [-0.05, 0) is 24.1 Å². The predicted octanol–water partition coefficient (Wildman–Crippen LogP) is 2.93. The molecule has 2 rings (SSSR count). The Morgan fingerprint density at radius 2 is 2.11 bits per heavy atom. The average Bonchev–Trinajstić information content (AvgIpc) is 2.72. The van der Waals surface area contributed by atoms with Crippen LogP contribution in [-0.2, 0) is 0 Å². The van der Waals surface area contributed by atoms with Crippen LogP contribution in [0.2, 0.25) is 0 Å². The molecule has 0 atom stereocenters. The number of halogens is 1. The molecule has 96 valence electrons. The maximum atomic E-state index is 13.4. The molecular weight excluding hydrogens is 233 g/mol. The first-order chi connectivity index (χ1) is 8.54. The van der Waals surface area contributed by atoms with Crippen molar-refractivity contribution in [2.24, 2.45) is 0 Å². The fraction of sp³-hybridized carbons (Fsp3) is 0.308. The molecule has 0 spiro atoms. The second-order valence-corrected chi connectivity index (χ2v) is 4.40. The van der Waals surface area contributed by atoms with Gasteiger partial charge in [-0.25, -0.2) is 4.39 Å². The number of nitrogen functional groups attached to an aromatic ring is 1. The molecule has 2 aromatic rings. The van der Waals surface area contributed by atoms with Gasteiger partial charge in [-0.3, -0.25) is 5.10 Å². The maximum absolute atomic E-state index is 13.4. The molecule has 3 N–H and O–H groups in total. The number of methoxy groups -OCH3 is 1. The van der Waals surface area contributed by atoms with Crippen LogP contribution in [0.3, 0.4) is 0 Å². The van der Waals surface area contributed by atoms with Crippen LogP contribution >= 0.6 is 0 Å². The zero-order chi connectivity index (χ0) is 13.3. The van der Waals surface area contributed by atoms with Crippen molar-refractivity contribution in [3.05, 3.63) is 29.6 Å². The minimum atomic E-state index is -0.389. The third-order valence-electron chi connectivity index (χ3n) is 2.85. The molecule has 0 saturated heterocycles. The highest BCUT2D eigenvalue weighted by atomic mass is 19.1. The van der Waals surface area contributed by atoms with Gasteiger partial charge in [0, 0.05) is 11.1 Å². The summed E-state index contributed by atoms with van der Waals surface area (Å²) in [6.45, 7) is 4.07. The molecule has 0 aliphatic heterocycles. The van der Waals surface area contributed by atoms with Gasteiger partial charge in [0.05, 0.1) is 12.8 Å². The third-order valence-corrected chi connectivity index (χ3v) is 2.85. The number of rotatable bonds is 3. The van der Waals surface area contributed by atoms with Gasteiger partial charge in [-0.2, -0.15) is 5.10 Å². The minimum absolute atomic E-state index is 0.204. The van der Waals surface area contributed by atoms with Gasteiger partial charge < -0.3 is 10.5 Å². The van der Waals surface area contributed by atoms with E-state index in [4.69, 9.17) is 10.5 Å². The fourth-order valence-corrected chi connectivity index (χ4v) is 1.98. The van der Waals surface area contributed by atoms with Crippen molar-refractivity contribution in [3.8, 4) is 17.0 Å². The molecule has 0 saturated carbocycles. The first-order valence-electron chi connectivity index (χ1n) is 5.72. The number of nitrogens with one attached hydrogen (secondary N) is 1. The van der Waals surface area contributed by atoms with E-state index in [1.54, 1.807) is 12.1 Å². The number of hydrogen-bond donors (Lipinski definition) is 2. The molecule has 0 unspecified atom stereocenters. The number of nitrogens with two attached hydrogens (primary N) is 1. The van der Waals surface area contributed by atoms with Crippen LogP contribution < -0.4 is 10.5 Å². The van der Waals surface area contributed by atoms with Gasteiger partial charge in [-0.15, -0.1) is 0 Å². The summed E-state index contributed by atoms with van der Waals surface area (Å²) >= 11 is 0. The summed E-state index contributed by atoms with van der Waals surface area (Å²) in [6.07, 6.45) is 0. The van der Waals surface area contributed by atoms with Crippen molar-refractivity contribution in [2.75, 3.05) is 12.8 Å². The van der Waals surface area contributed by atoms with Crippen molar-refractivity contribution in [1.82, 2.24) is 10.2 Å². The summed E-state index contributed by atoms with van der Waals surface area (Å²) < 4.78 is 18.3. The Kier molecular flexibility index (Phi) is 3.23. The molecular formula is C13H16FN3O. The van der Waals surface area contributed by atoms with Crippen molar-refractivity contribution in [2.45, 2.75) is 19.8 Å². The molecule has 1 aromatic carbocycles. The van der Waals surface area contributed by atoms with E-state index in [0.717, 1.165) is 16.8 Å². The van der Waals surface area contributed by atoms with Crippen LogP contribution in [0, 0.1) is 5.82 Å². The summed E-state index contributed by atoms with van der Waals surface area (Å²) in [5.74, 6) is 0.522. The van der Waals surface area contributed by atoms with Gasteiger partial charge in [0.15, 0.2) is 11.6 Å². The van der Waals surface area contributed by atoms with E-state index in [0.29, 0.717) is 5.82 Å².